The summed E-state index contributed by atoms with van der Waals surface area (Å²) in [6.45, 7) is 2.40. The smallest absolute Gasteiger partial charge is 0.246 e. The maximum atomic E-state index is 11.6. The van der Waals surface area contributed by atoms with Gasteiger partial charge < -0.3 is 11.1 Å². The van der Waals surface area contributed by atoms with Crippen molar-refractivity contribution in [2.24, 2.45) is 5.73 Å². The monoisotopic (exact) mass is 254 g/mol. The number of amidine groups is 1. The molecule has 0 spiro atoms. The Kier molecular flexibility index (Phi) is 5.71. The van der Waals surface area contributed by atoms with Crippen molar-refractivity contribution >= 4 is 17.7 Å². The molecule has 0 aliphatic heterocycles. The molecule has 0 saturated heterocycles. The lowest BCUT2D eigenvalue weighted by molar-refractivity contribution is -0.117. The van der Waals surface area contributed by atoms with E-state index in [1.165, 1.54) is 0 Å². The van der Waals surface area contributed by atoms with Crippen molar-refractivity contribution < 1.29 is 4.79 Å². The topological polar surface area (TPSA) is 145 Å². The van der Waals surface area contributed by atoms with E-state index in [0.29, 0.717) is 12.3 Å². The number of nitrogens with zero attached hydrogens (tertiary/aromatic N) is 3. The van der Waals surface area contributed by atoms with Gasteiger partial charge in [0.1, 0.15) is 0 Å². The van der Waals surface area contributed by atoms with Crippen LogP contribution in [0.1, 0.15) is 26.2 Å². The van der Waals surface area contributed by atoms with E-state index >= 15 is 0 Å². The lowest BCUT2D eigenvalue weighted by Crippen LogP contribution is -2.36. The quantitative estimate of drug-likeness (QED) is 0.245. The average molecular weight is 254 g/mol. The highest BCUT2D eigenvalue weighted by atomic mass is 16.2. The summed E-state index contributed by atoms with van der Waals surface area (Å²) in [5, 5.41) is 25.2. The van der Waals surface area contributed by atoms with Crippen molar-refractivity contribution in [3.63, 3.8) is 0 Å². The van der Waals surface area contributed by atoms with Gasteiger partial charge in [-0.15, -0.1) is 0 Å². The second kappa shape index (κ2) is 7.33. The summed E-state index contributed by atoms with van der Waals surface area (Å²) in [6.07, 6.45) is 2.25. The van der Waals surface area contributed by atoms with Crippen LogP contribution in [-0.2, 0) is 4.79 Å². The van der Waals surface area contributed by atoms with E-state index in [-0.39, 0.29) is 11.9 Å². The van der Waals surface area contributed by atoms with Crippen LogP contribution in [-0.4, -0.2) is 45.0 Å². The van der Waals surface area contributed by atoms with Crippen LogP contribution in [0.2, 0.25) is 0 Å². The second-order valence-electron chi connectivity index (χ2n) is 3.89. The fourth-order valence-electron chi connectivity index (χ4n) is 1.32. The van der Waals surface area contributed by atoms with Crippen molar-refractivity contribution in [2.75, 3.05) is 11.9 Å². The lowest BCUT2D eigenvalue weighted by Gasteiger charge is -2.10. The molecule has 0 unspecified atom stereocenters. The van der Waals surface area contributed by atoms with Gasteiger partial charge in [-0.05, 0) is 36.6 Å². The zero-order chi connectivity index (χ0) is 13.4. The molecule has 0 saturated carbocycles. The molecule has 1 amide bonds. The number of carbonyl (C=O) groups is 1. The van der Waals surface area contributed by atoms with E-state index in [1.54, 1.807) is 6.92 Å². The summed E-state index contributed by atoms with van der Waals surface area (Å²) in [4.78, 5) is 11.6. The molecule has 1 aromatic rings. The minimum atomic E-state index is -0.587. The SMILES string of the molecule is CC(=N)NCCCC[C@H](N)C(=O)Nc1nnn[nH]1. The number of carbonyl (C=O) groups excluding carboxylic acids is 1. The Labute approximate surface area is 104 Å². The fraction of sp³-hybridized carbons (Fsp3) is 0.667. The third kappa shape index (κ3) is 5.34. The Bertz CT molecular complexity index is 376. The standard InChI is InChI=1S/C9H18N8O/c1-6(10)12-5-3-2-4-7(11)8(18)13-9-14-16-17-15-9/h7H,2-5,11H2,1H3,(H2,10,12)(H2,13,14,15,16,17,18)/t7-/m0/s1. The summed E-state index contributed by atoms with van der Waals surface area (Å²) >= 11 is 0. The minimum Gasteiger partial charge on any atom is -0.374 e. The molecule has 0 aliphatic carbocycles. The average Bonchev–Trinajstić information content (AvgIpc) is 2.80. The number of nitrogens with one attached hydrogen (secondary N) is 4. The molecule has 0 fully saturated rings. The molecule has 9 heteroatoms. The largest absolute Gasteiger partial charge is 0.374 e. The highest BCUT2D eigenvalue weighted by molar-refractivity contribution is 5.92. The van der Waals surface area contributed by atoms with E-state index in [1.807, 2.05) is 0 Å². The number of anilines is 1. The number of hydrogen-bond donors (Lipinski definition) is 5. The fourth-order valence-corrected chi connectivity index (χ4v) is 1.32. The highest BCUT2D eigenvalue weighted by Crippen LogP contribution is 2.01. The number of aromatic nitrogens is 4. The molecule has 0 aromatic carbocycles. The van der Waals surface area contributed by atoms with Crippen LogP contribution < -0.4 is 16.4 Å². The van der Waals surface area contributed by atoms with E-state index < -0.39 is 6.04 Å². The number of tetrazole rings is 1. The molecular formula is C9H18N8O. The molecule has 1 heterocycles. The number of H-pyrrole nitrogens is 1. The zero-order valence-electron chi connectivity index (χ0n) is 10.2. The summed E-state index contributed by atoms with van der Waals surface area (Å²) in [7, 11) is 0. The summed E-state index contributed by atoms with van der Waals surface area (Å²) in [5.74, 6) is 0.316. The first kappa shape index (κ1) is 14.0. The van der Waals surface area contributed by atoms with Gasteiger partial charge in [0.2, 0.25) is 11.9 Å². The molecule has 1 aromatic heterocycles. The first-order valence-electron chi connectivity index (χ1n) is 5.69. The number of unbranched alkanes of at least 4 members (excludes halogenated alkanes) is 1. The van der Waals surface area contributed by atoms with Crippen LogP contribution in [0, 0.1) is 5.41 Å². The van der Waals surface area contributed by atoms with Gasteiger partial charge in [-0.1, -0.05) is 5.10 Å². The van der Waals surface area contributed by atoms with Crippen LogP contribution in [0.5, 0.6) is 0 Å². The van der Waals surface area contributed by atoms with Crippen molar-refractivity contribution in [3.05, 3.63) is 0 Å². The molecule has 100 valence electrons. The maximum Gasteiger partial charge on any atom is 0.246 e. The van der Waals surface area contributed by atoms with E-state index in [2.05, 4.69) is 31.3 Å². The number of amides is 1. The van der Waals surface area contributed by atoms with Crippen molar-refractivity contribution in [2.45, 2.75) is 32.2 Å². The molecule has 0 aliphatic rings. The highest BCUT2D eigenvalue weighted by Gasteiger charge is 2.14. The van der Waals surface area contributed by atoms with Gasteiger partial charge in [0.05, 0.1) is 11.9 Å². The molecule has 0 bridgehead atoms. The van der Waals surface area contributed by atoms with Gasteiger partial charge in [-0.3, -0.25) is 15.5 Å². The van der Waals surface area contributed by atoms with Gasteiger partial charge in [-0.2, -0.15) is 0 Å². The Morgan fingerprint density at radius 1 is 1.56 bits per heavy atom. The van der Waals surface area contributed by atoms with Crippen molar-refractivity contribution in [1.29, 1.82) is 5.41 Å². The van der Waals surface area contributed by atoms with Gasteiger partial charge in [-0.25, -0.2) is 5.10 Å². The van der Waals surface area contributed by atoms with Gasteiger partial charge in [0.25, 0.3) is 0 Å². The molecule has 1 rings (SSSR count). The van der Waals surface area contributed by atoms with E-state index in [0.717, 1.165) is 19.4 Å². The molecular weight excluding hydrogens is 236 g/mol. The third-order valence-electron chi connectivity index (χ3n) is 2.26. The van der Waals surface area contributed by atoms with Crippen molar-refractivity contribution in [3.8, 4) is 0 Å². The van der Waals surface area contributed by atoms with Crippen LogP contribution in [0.15, 0.2) is 0 Å². The van der Waals surface area contributed by atoms with Crippen LogP contribution in [0.3, 0.4) is 0 Å². The predicted octanol–water partition coefficient (Wildman–Crippen LogP) is -0.777. The van der Waals surface area contributed by atoms with E-state index in [4.69, 9.17) is 11.1 Å². The molecule has 1 atom stereocenters. The van der Waals surface area contributed by atoms with Crippen LogP contribution in [0.25, 0.3) is 0 Å². The van der Waals surface area contributed by atoms with Gasteiger partial charge >= 0.3 is 0 Å². The summed E-state index contributed by atoms with van der Waals surface area (Å²) in [6, 6.07) is -0.587. The molecule has 6 N–H and O–H groups in total. The first-order chi connectivity index (χ1) is 8.59. The number of hydrogen-bond acceptors (Lipinski definition) is 6. The number of aromatic amines is 1. The summed E-state index contributed by atoms with van der Waals surface area (Å²) < 4.78 is 0. The Balaban J connectivity index is 2.14. The second-order valence-corrected chi connectivity index (χ2v) is 3.89. The van der Waals surface area contributed by atoms with Gasteiger partial charge in [0.15, 0.2) is 0 Å². The summed E-state index contributed by atoms with van der Waals surface area (Å²) in [5.41, 5.74) is 5.72. The zero-order valence-corrected chi connectivity index (χ0v) is 10.2. The Hall–Kier alpha value is -2.03. The van der Waals surface area contributed by atoms with Crippen molar-refractivity contribution in [1.82, 2.24) is 25.9 Å². The lowest BCUT2D eigenvalue weighted by atomic mass is 10.1. The Morgan fingerprint density at radius 2 is 2.33 bits per heavy atom. The Morgan fingerprint density at radius 3 is 2.94 bits per heavy atom. The van der Waals surface area contributed by atoms with Gasteiger partial charge in [0, 0.05) is 6.54 Å². The number of nitrogens with two attached hydrogens (primary N) is 1. The normalized spacial score (nSPS) is 11.9. The third-order valence-corrected chi connectivity index (χ3v) is 2.26. The molecule has 18 heavy (non-hydrogen) atoms. The maximum absolute atomic E-state index is 11.6. The van der Waals surface area contributed by atoms with E-state index in [9.17, 15) is 4.79 Å². The number of rotatable bonds is 7. The molecule has 9 nitrogen and oxygen atoms in total. The predicted molar refractivity (Wildman–Crippen MR) is 66.0 cm³/mol. The van der Waals surface area contributed by atoms with Crippen LogP contribution in [0.4, 0.5) is 5.95 Å². The van der Waals surface area contributed by atoms with Crippen LogP contribution >= 0.6 is 0 Å². The minimum absolute atomic E-state index is 0.191. The molecule has 0 radical (unpaired) electrons. The first-order valence-corrected chi connectivity index (χ1v) is 5.69.